The van der Waals surface area contributed by atoms with Gasteiger partial charge in [0.05, 0.1) is 0 Å². The lowest BCUT2D eigenvalue weighted by atomic mass is 10.1. The van der Waals surface area contributed by atoms with E-state index in [1.807, 2.05) is 0 Å². The first-order valence-corrected chi connectivity index (χ1v) is 3.71. The minimum atomic E-state index is -0.443. The molecule has 2 N–H and O–H groups in total. The van der Waals surface area contributed by atoms with E-state index in [9.17, 15) is 10.1 Å². The molecule has 0 bridgehead atoms. The smallest absolute Gasteiger partial charge is 0.207 e. The summed E-state index contributed by atoms with van der Waals surface area (Å²) in [6.45, 7) is -0.205. The van der Waals surface area contributed by atoms with Crippen LogP contribution < -0.4 is 0 Å². The van der Waals surface area contributed by atoms with Gasteiger partial charge in [0, 0.05) is 17.4 Å². The van der Waals surface area contributed by atoms with Crippen LogP contribution in [-0.4, -0.2) is 21.7 Å². The van der Waals surface area contributed by atoms with Crippen molar-refractivity contribution in [3.63, 3.8) is 0 Å². The first-order valence-electron chi connectivity index (χ1n) is 3.71. The van der Waals surface area contributed by atoms with Gasteiger partial charge in [-0.3, -0.25) is 10.1 Å². The second-order valence-electron chi connectivity index (χ2n) is 2.66. The van der Waals surface area contributed by atoms with E-state index >= 15 is 0 Å². The highest BCUT2D eigenvalue weighted by Crippen LogP contribution is 2.20. The molecule has 0 unspecified atom stereocenters. The van der Waals surface area contributed by atoms with Crippen LogP contribution >= 0.6 is 0 Å². The zero-order valence-electron chi connectivity index (χ0n) is 6.80. The second kappa shape index (κ2) is 3.75. The Hall–Kier alpha value is -1.78. The fourth-order valence-corrected chi connectivity index (χ4v) is 1.02. The minimum Gasteiger partial charge on any atom is -0.508 e. The third-order valence-electron chi connectivity index (χ3n) is 1.55. The van der Waals surface area contributed by atoms with Gasteiger partial charge in [-0.25, -0.2) is 0 Å². The maximum absolute atomic E-state index is 10.0. The molecule has 0 atom stereocenters. The summed E-state index contributed by atoms with van der Waals surface area (Å²) >= 11 is 0. The number of benzene rings is 1. The van der Waals surface area contributed by atoms with Crippen LogP contribution in [-0.2, 0) is 6.42 Å². The van der Waals surface area contributed by atoms with Crippen molar-refractivity contribution in [3.8, 4) is 11.5 Å². The molecule has 0 saturated heterocycles. The molecule has 0 spiro atoms. The van der Waals surface area contributed by atoms with Gasteiger partial charge in [-0.1, -0.05) is 0 Å². The predicted octanol–water partition coefficient (Wildman–Crippen LogP) is 0.917. The number of hydrogen-bond donors (Lipinski definition) is 2. The number of aromatic hydroxyl groups is 2. The number of nitro groups is 1. The van der Waals surface area contributed by atoms with Gasteiger partial charge in [0.25, 0.3) is 0 Å². The van der Waals surface area contributed by atoms with Crippen LogP contribution in [0.25, 0.3) is 0 Å². The highest BCUT2D eigenvalue weighted by Gasteiger charge is 2.02. The lowest BCUT2D eigenvalue weighted by Gasteiger charge is -1.99. The monoisotopic (exact) mass is 183 g/mol. The lowest BCUT2D eigenvalue weighted by molar-refractivity contribution is -0.479. The molecule has 0 heterocycles. The van der Waals surface area contributed by atoms with Gasteiger partial charge in [-0.2, -0.15) is 0 Å². The van der Waals surface area contributed by atoms with Crippen LogP contribution in [0.1, 0.15) is 5.56 Å². The number of phenolic OH excluding ortho intramolecular Hbond substituents is 2. The van der Waals surface area contributed by atoms with E-state index in [0.29, 0.717) is 5.56 Å². The van der Waals surface area contributed by atoms with Crippen LogP contribution in [0.3, 0.4) is 0 Å². The summed E-state index contributed by atoms with van der Waals surface area (Å²) in [5, 5.41) is 28.1. The van der Waals surface area contributed by atoms with Crippen LogP contribution in [0.2, 0.25) is 0 Å². The molecule has 5 heteroatoms. The highest BCUT2D eigenvalue weighted by atomic mass is 16.6. The quantitative estimate of drug-likeness (QED) is 0.539. The van der Waals surface area contributed by atoms with Gasteiger partial charge in [-0.05, 0) is 17.7 Å². The maximum Gasteiger partial charge on any atom is 0.207 e. The Bertz CT molecular complexity index is 304. The van der Waals surface area contributed by atoms with Gasteiger partial charge in [-0.15, -0.1) is 0 Å². The van der Waals surface area contributed by atoms with E-state index in [-0.39, 0.29) is 24.5 Å². The summed E-state index contributed by atoms with van der Waals surface area (Å²) in [5.74, 6) is -0.170. The molecule has 1 rings (SSSR count). The highest BCUT2D eigenvalue weighted by molar-refractivity contribution is 5.36. The molecule has 0 aliphatic rings. The fourth-order valence-electron chi connectivity index (χ4n) is 1.02. The summed E-state index contributed by atoms with van der Waals surface area (Å²) in [7, 11) is 0. The van der Waals surface area contributed by atoms with Crippen molar-refractivity contribution in [1.82, 2.24) is 0 Å². The summed E-state index contributed by atoms with van der Waals surface area (Å²) in [5.41, 5.74) is 0.550. The average Bonchev–Trinajstić information content (AvgIpc) is 1.99. The summed E-state index contributed by atoms with van der Waals surface area (Å²) < 4.78 is 0. The van der Waals surface area contributed by atoms with E-state index in [1.54, 1.807) is 0 Å². The Balaban J connectivity index is 2.71. The summed E-state index contributed by atoms with van der Waals surface area (Å²) in [4.78, 5) is 9.58. The van der Waals surface area contributed by atoms with E-state index in [0.717, 1.165) is 0 Å². The summed E-state index contributed by atoms with van der Waals surface area (Å²) in [6.07, 6.45) is 0.203. The van der Waals surface area contributed by atoms with Crippen LogP contribution in [0.5, 0.6) is 11.5 Å². The molecule has 0 radical (unpaired) electrons. The van der Waals surface area contributed by atoms with E-state index < -0.39 is 4.92 Å². The molecule has 0 aliphatic heterocycles. The van der Waals surface area contributed by atoms with Crippen molar-refractivity contribution in [3.05, 3.63) is 33.9 Å². The van der Waals surface area contributed by atoms with Crippen LogP contribution in [0, 0.1) is 10.1 Å². The molecule has 1 aromatic rings. The average molecular weight is 183 g/mol. The zero-order chi connectivity index (χ0) is 9.84. The zero-order valence-corrected chi connectivity index (χ0v) is 6.80. The summed E-state index contributed by atoms with van der Waals surface area (Å²) in [6, 6.07) is 3.96. The minimum absolute atomic E-state index is 0.0849. The van der Waals surface area contributed by atoms with Crippen LogP contribution in [0.15, 0.2) is 18.2 Å². The second-order valence-corrected chi connectivity index (χ2v) is 2.66. The van der Waals surface area contributed by atoms with Gasteiger partial charge < -0.3 is 10.2 Å². The van der Waals surface area contributed by atoms with Crippen LogP contribution in [0.4, 0.5) is 0 Å². The first kappa shape index (κ1) is 9.31. The Morgan fingerprint density at radius 1 is 1.23 bits per heavy atom. The van der Waals surface area contributed by atoms with Crippen molar-refractivity contribution < 1.29 is 15.1 Å². The molecule has 13 heavy (non-hydrogen) atoms. The van der Waals surface area contributed by atoms with Gasteiger partial charge in [0.1, 0.15) is 11.5 Å². The Morgan fingerprint density at radius 2 is 1.77 bits per heavy atom. The number of hydrogen-bond acceptors (Lipinski definition) is 4. The van der Waals surface area contributed by atoms with Crippen molar-refractivity contribution in [2.75, 3.05) is 6.54 Å². The number of nitrogens with zero attached hydrogens (tertiary/aromatic N) is 1. The molecule has 5 nitrogen and oxygen atoms in total. The fraction of sp³-hybridized carbons (Fsp3) is 0.250. The third kappa shape index (κ3) is 2.98. The molecule has 0 aliphatic carbocycles. The van der Waals surface area contributed by atoms with Gasteiger partial charge >= 0.3 is 0 Å². The molecule has 70 valence electrons. The van der Waals surface area contributed by atoms with E-state index in [1.165, 1.54) is 18.2 Å². The maximum atomic E-state index is 10.0. The molecule has 0 saturated carbocycles. The third-order valence-corrected chi connectivity index (χ3v) is 1.55. The van der Waals surface area contributed by atoms with Crippen molar-refractivity contribution >= 4 is 0 Å². The van der Waals surface area contributed by atoms with Crippen molar-refractivity contribution in [1.29, 1.82) is 0 Å². The molecular weight excluding hydrogens is 174 g/mol. The molecular formula is C8H9NO4. The Labute approximate surface area is 74.4 Å². The first-order chi connectivity index (χ1) is 6.08. The normalized spacial score (nSPS) is 9.85. The van der Waals surface area contributed by atoms with Gasteiger partial charge in [0.2, 0.25) is 6.54 Å². The lowest BCUT2D eigenvalue weighted by Crippen LogP contribution is -2.03. The van der Waals surface area contributed by atoms with Crippen molar-refractivity contribution in [2.45, 2.75) is 6.42 Å². The molecule has 0 aromatic heterocycles. The predicted molar refractivity (Wildman–Crippen MR) is 45.3 cm³/mol. The van der Waals surface area contributed by atoms with Gasteiger partial charge in [0.15, 0.2) is 0 Å². The molecule has 1 aromatic carbocycles. The van der Waals surface area contributed by atoms with Crippen molar-refractivity contribution in [2.24, 2.45) is 0 Å². The van der Waals surface area contributed by atoms with E-state index in [4.69, 9.17) is 10.2 Å². The SMILES string of the molecule is O=[N+]([O-])CCc1cc(O)cc(O)c1. The largest absolute Gasteiger partial charge is 0.508 e. The number of phenols is 2. The topological polar surface area (TPSA) is 83.6 Å². The van der Waals surface area contributed by atoms with E-state index in [2.05, 4.69) is 0 Å². The Kier molecular flexibility index (Phi) is 2.69. The standard InChI is InChI=1S/C8H9NO4/c10-7-3-6(1-2-9(12)13)4-8(11)5-7/h3-5,10-11H,1-2H2. The number of rotatable bonds is 3. The Morgan fingerprint density at radius 3 is 2.23 bits per heavy atom. The molecule has 0 amide bonds. The molecule has 0 fully saturated rings.